The summed E-state index contributed by atoms with van der Waals surface area (Å²) in [6, 6.07) is 9.39. The lowest BCUT2D eigenvalue weighted by Gasteiger charge is -2.40. The highest BCUT2D eigenvalue weighted by Gasteiger charge is 2.47. The van der Waals surface area contributed by atoms with Crippen LogP contribution < -0.4 is 10.4 Å². The molecule has 0 aliphatic carbocycles. The van der Waals surface area contributed by atoms with Crippen LogP contribution in [0, 0.1) is 5.41 Å². The maximum atomic E-state index is 12.8. The molecule has 0 bridgehead atoms. The van der Waals surface area contributed by atoms with Crippen LogP contribution in [0.4, 0.5) is 0 Å². The molecule has 1 fully saturated rings. The Bertz CT molecular complexity index is 679. The molecule has 0 radical (unpaired) electrons. The van der Waals surface area contributed by atoms with Gasteiger partial charge in [0.15, 0.2) is 6.10 Å². The highest BCUT2D eigenvalue weighted by Crippen LogP contribution is 2.53. The van der Waals surface area contributed by atoms with E-state index in [4.69, 9.17) is 9.05 Å². The Morgan fingerprint density at radius 3 is 2.65 bits per heavy atom. The van der Waals surface area contributed by atoms with E-state index in [-0.39, 0.29) is 26.1 Å². The molecule has 1 saturated heterocycles. The molecule has 8 nitrogen and oxygen atoms in total. The van der Waals surface area contributed by atoms with Gasteiger partial charge in [-0.05, 0) is 5.56 Å². The molecule has 26 heavy (non-hydrogen) atoms. The van der Waals surface area contributed by atoms with E-state index in [2.05, 4.69) is 15.1 Å². The molecule has 0 unspecified atom stereocenters. The number of carbonyl (C=O) groups excluding carboxylic acids is 2. The molecule has 1 aromatic carbocycles. The van der Waals surface area contributed by atoms with E-state index in [1.807, 2.05) is 30.3 Å². The first-order valence-corrected chi connectivity index (χ1v) is 9.86. The molecule has 2 N–H and O–H groups in total. The van der Waals surface area contributed by atoms with E-state index in [1.165, 1.54) is 7.11 Å². The number of nitrogens with one attached hydrogen (secondary N) is 2. The van der Waals surface area contributed by atoms with E-state index in [1.54, 1.807) is 13.8 Å². The molecular formula is C17H25N2O6P. The zero-order valence-electron chi connectivity index (χ0n) is 15.2. The van der Waals surface area contributed by atoms with Crippen molar-refractivity contribution in [3.8, 4) is 0 Å². The van der Waals surface area contributed by atoms with E-state index < -0.39 is 31.1 Å². The molecule has 9 heteroatoms. The molecule has 144 valence electrons. The minimum Gasteiger partial charge on any atom is -0.469 e. The van der Waals surface area contributed by atoms with Gasteiger partial charge in [-0.3, -0.25) is 18.6 Å². The third-order valence-corrected chi connectivity index (χ3v) is 5.48. The molecule has 2 rings (SSSR count). The molecule has 0 saturated carbocycles. The van der Waals surface area contributed by atoms with E-state index in [9.17, 15) is 14.2 Å². The zero-order valence-corrected chi connectivity index (χ0v) is 16.1. The maximum absolute atomic E-state index is 12.8. The van der Waals surface area contributed by atoms with Crippen molar-refractivity contribution in [3.63, 3.8) is 0 Å². The Kier molecular flexibility index (Phi) is 6.94. The number of carbonyl (C=O) groups is 2. The van der Waals surface area contributed by atoms with Gasteiger partial charge in [0.1, 0.15) is 0 Å². The van der Waals surface area contributed by atoms with E-state index in [0.29, 0.717) is 0 Å². The smallest absolute Gasteiger partial charge is 0.406 e. The lowest BCUT2D eigenvalue weighted by Crippen LogP contribution is -2.50. The Morgan fingerprint density at radius 2 is 2.00 bits per heavy atom. The fourth-order valence-corrected chi connectivity index (χ4v) is 4.16. The largest absolute Gasteiger partial charge is 0.469 e. The van der Waals surface area contributed by atoms with Crippen LogP contribution >= 0.6 is 7.75 Å². The zero-order chi connectivity index (χ0) is 19.2. The Balaban J connectivity index is 1.97. The summed E-state index contributed by atoms with van der Waals surface area (Å²) in [5.74, 6) is -0.864. The number of amides is 1. The minimum atomic E-state index is -3.63. The average molecular weight is 384 g/mol. The Labute approximate surface area is 153 Å². The van der Waals surface area contributed by atoms with Crippen LogP contribution in [0.15, 0.2) is 30.3 Å². The third-order valence-electron chi connectivity index (χ3n) is 3.97. The highest BCUT2D eigenvalue weighted by atomic mass is 31.2. The number of rotatable bonds is 7. The molecule has 0 aromatic heterocycles. The topological polar surface area (TPSA) is 103 Å². The van der Waals surface area contributed by atoms with Crippen molar-refractivity contribution in [2.75, 3.05) is 20.3 Å². The quantitative estimate of drug-likeness (QED) is 0.547. The summed E-state index contributed by atoms with van der Waals surface area (Å²) in [7, 11) is -2.35. The van der Waals surface area contributed by atoms with Crippen molar-refractivity contribution in [2.45, 2.75) is 32.9 Å². The number of ether oxygens (including phenoxy) is 1. The predicted octanol–water partition coefficient (Wildman–Crippen LogP) is 2.01. The average Bonchev–Trinajstić information content (AvgIpc) is 2.63. The Morgan fingerprint density at radius 1 is 1.31 bits per heavy atom. The van der Waals surface area contributed by atoms with Crippen molar-refractivity contribution in [1.82, 2.24) is 10.4 Å². The summed E-state index contributed by atoms with van der Waals surface area (Å²) < 4.78 is 28.3. The van der Waals surface area contributed by atoms with Crippen molar-refractivity contribution in [2.24, 2.45) is 5.41 Å². The third kappa shape index (κ3) is 5.64. The van der Waals surface area contributed by atoms with Crippen molar-refractivity contribution >= 4 is 19.6 Å². The molecule has 1 aliphatic rings. The standard InChI is InChI=1S/C17H25N2O6P/c1-17(2)12-24-26(22,19-11-13-7-5-4-6-8-13)25-15(17)16(21)18-10-9-14(20)23-3/h4-8,15H,9-12H2,1-3H3,(H,18,21)(H,19,22)/t15-,26+/m0/s1. The summed E-state index contributed by atoms with van der Waals surface area (Å²) in [6.07, 6.45) is -0.918. The van der Waals surface area contributed by atoms with Crippen LogP contribution in [0.25, 0.3) is 0 Å². The van der Waals surface area contributed by atoms with Crippen LogP contribution in [0.2, 0.25) is 0 Å². The van der Waals surface area contributed by atoms with Gasteiger partial charge in [-0.15, -0.1) is 0 Å². The number of hydrogen-bond acceptors (Lipinski definition) is 6. The Hall–Kier alpha value is -1.73. The fraction of sp³-hybridized carbons (Fsp3) is 0.529. The lowest BCUT2D eigenvalue weighted by molar-refractivity contribution is -0.141. The van der Waals surface area contributed by atoms with Crippen LogP contribution in [-0.2, 0) is 34.5 Å². The maximum Gasteiger partial charge on any atom is 0.406 e. The number of hydrogen-bond donors (Lipinski definition) is 2. The molecule has 2 atom stereocenters. The summed E-state index contributed by atoms with van der Waals surface area (Å²) in [5.41, 5.74) is 0.247. The first kappa shape index (κ1) is 20.6. The summed E-state index contributed by atoms with van der Waals surface area (Å²) in [6.45, 7) is 4.08. The van der Waals surface area contributed by atoms with Gasteiger partial charge < -0.3 is 10.1 Å². The summed E-state index contributed by atoms with van der Waals surface area (Å²) in [5, 5.41) is 5.39. The van der Waals surface area contributed by atoms with Crippen LogP contribution in [0.3, 0.4) is 0 Å². The van der Waals surface area contributed by atoms with E-state index >= 15 is 0 Å². The van der Waals surface area contributed by atoms with Crippen LogP contribution in [0.1, 0.15) is 25.8 Å². The molecule has 1 heterocycles. The number of methoxy groups -OCH3 is 1. The highest BCUT2D eigenvalue weighted by molar-refractivity contribution is 7.51. The molecule has 1 aromatic rings. The second-order valence-corrected chi connectivity index (χ2v) is 8.46. The second-order valence-electron chi connectivity index (χ2n) is 6.68. The predicted molar refractivity (Wildman–Crippen MR) is 95.1 cm³/mol. The van der Waals surface area contributed by atoms with Gasteiger partial charge in [0, 0.05) is 18.5 Å². The first-order chi connectivity index (χ1) is 12.3. The van der Waals surface area contributed by atoms with Gasteiger partial charge in [0.2, 0.25) is 5.91 Å². The van der Waals surface area contributed by atoms with Gasteiger partial charge in [0.05, 0.1) is 20.1 Å². The van der Waals surface area contributed by atoms with Crippen molar-refractivity contribution < 1.29 is 27.9 Å². The van der Waals surface area contributed by atoms with Crippen LogP contribution in [0.5, 0.6) is 0 Å². The molecular weight excluding hydrogens is 359 g/mol. The van der Waals surface area contributed by atoms with Gasteiger partial charge in [-0.1, -0.05) is 44.2 Å². The monoisotopic (exact) mass is 384 g/mol. The second kappa shape index (κ2) is 8.77. The van der Waals surface area contributed by atoms with Gasteiger partial charge in [-0.25, -0.2) is 9.65 Å². The SMILES string of the molecule is COC(=O)CCNC(=O)[C@@H]1O[P@@](=O)(NCc2ccccc2)OCC1(C)C. The lowest BCUT2D eigenvalue weighted by atomic mass is 9.87. The number of esters is 1. The van der Waals surface area contributed by atoms with Gasteiger partial charge in [0.25, 0.3) is 0 Å². The van der Waals surface area contributed by atoms with Crippen molar-refractivity contribution in [1.29, 1.82) is 0 Å². The van der Waals surface area contributed by atoms with E-state index in [0.717, 1.165) is 5.56 Å². The first-order valence-electron chi connectivity index (χ1n) is 8.32. The molecule has 0 spiro atoms. The van der Waals surface area contributed by atoms with Crippen molar-refractivity contribution in [3.05, 3.63) is 35.9 Å². The van der Waals surface area contributed by atoms with Gasteiger partial charge >= 0.3 is 13.7 Å². The molecule has 1 aliphatic heterocycles. The van der Waals surface area contributed by atoms with Gasteiger partial charge in [-0.2, -0.15) is 0 Å². The normalized spacial score (nSPS) is 24.7. The summed E-state index contributed by atoms with van der Waals surface area (Å²) >= 11 is 0. The summed E-state index contributed by atoms with van der Waals surface area (Å²) in [4.78, 5) is 23.6. The minimum absolute atomic E-state index is 0.0514. The fourth-order valence-electron chi connectivity index (χ4n) is 2.39. The molecule has 1 amide bonds. The van der Waals surface area contributed by atoms with Crippen LogP contribution in [-0.4, -0.2) is 38.2 Å². The number of benzene rings is 1.